The van der Waals surface area contributed by atoms with E-state index in [1.165, 1.54) is 44.5 Å². The van der Waals surface area contributed by atoms with Crippen molar-refractivity contribution in [3.8, 4) is 0 Å². The molecule has 0 amide bonds. The van der Waals surface area contributed by atoms with Crippen molar-refractivity contribution >= 4 is 11.1 Å². The molecule has 0 heterocycles. The summed E-state index contributed by atoms with van der Waals surface area (Å²) in [7, 11) is 0. The fraction of sp³-hybridized carbons (Fsp3) is 0.238. The average Bonchev–Trinajstić information content (AvgIpc) is 2.94. The van der Waals surface area contributed by atoms with Gasteiger partial charge in [-0.05, 0) is 78.6 Å². The van der Waals surface area contributed by atoms with Gasteiger partial charge in [0.2, 0.25) is 0 Å². The first-order chi connectivity index (χ1) is 10.0. The number of benzene rings is 2. The molecule has 0 saturated carbocycles. The Labute approximate surface area is 127 Å². The van der Waals surface area contributed by atoms with E-state index in [1.54, 1.807) is 0 Å². The lowest BCUT2D eigenvalue weighted by Crippen LogP contribution is -1.89. The Morgan fingerprint density at radius 1 is 0.571 bits per heavy atom. The molecule has 0 unspecified atom stereocenters. The highest BCUT2D eigenvalue weighted by Gasteiger charge is 2.13. The summed E-state index contributed by atoms with van der Waals surface area (Å²) in [5.41, 5.74) is 11.0. The van der Waals surface area contributed by atoms with E-state index in [-0.39, 0.29) is 0 Å². The quantitative estimate of drug-likeness (QED) is 0.650. The van der Waals surface area contributed by atoms with E-state index in [0.29, 0.717) is 0 Å². The van der Waals surface area contributed by atoms with Gasteiger partial charge in [-0.15, -0.1) is 0 Å². The van der Waals surface area contributed by atoms with Gasteiger partial charge in [0, 0.05) is 0 Å². The van der Waals surface area contributed by atoms with Crippen LogP contribution >= 0.6 is 0 Å². The van der Waals surface area contributed by atoms with Crippen molar-refractivity contribution in [2.24, 2.45) is 0 Å². The smallest absolute Gasteiger partial charge is 0.00139 e. The first-order valence-corrected chi connectivity index (χ1v) is 7.59. The SMILES string of the molecule is Cc1ccc(C2=CC=C(c3ccc(C)c(C)c3)C2)cc1C. The lowest BCUT2D eigenvalue weighted by atomic mass is 9.95. The van der Waals surface area contributed by atoms with Gasteiger partial charge in [0.15, 0.2) is 0 Å². The van der Waals surface area contributed by atoms with Crippen LogP contribution in [-0.2, 0) is 0 Å². The van der Waals surface area contributed by atoms with Crippen molar-refractivity contribution in [3.63, 3.8) is 0 Å². The van der Waals surface area contributed by atoms with E-state index in [0.717, 1.165) is 6.42 Å². The molecule has 21 heavy (non-hydrogen) atoms. The number of aryl methyl sites for hydroxylation is 4. The Bertz CT molecular complexity index is 692. The van der Waals surface area contributed by atoms with Gasteiger partial charge in [-0.1, -0.05) is 48.6 Å². The highest BCUT2D eigenvalue weighted by molar-refractivity contribution is 5.87. The Balaban J connectivity index is 1.83. The maximum atomic E-state index is 2.30. The second kappa shape index (κ2) is 5.37. The molecule has 0 bridgehead atoms. The maximum absolute atomic E-state index is 2.30. The van der Waals surface area contributed by atoms with Crippen LogP contribution in [-0.4, -0.2) is 0 Å². The van der Waals surface area contributed by atoms with E-state index in [9.17, 15) is 0 Å². The van der Waals surface area contributed by atoms with Crippen LogP contribution in [0.5, 0.6) is 0 Å². The van der Waals surface area contributed by atoms with E-state index < -0.39 is 0 Å². The fourth-order valence-electron chi connectivity index (χ4n) is 2.80. The third kappa shape index (κ3) is 2.71. The van der Waals surface area contributed by atoms with Crippen molar-refractivity contribution in [1.82, 2.24) is 0 Å². The van der Waals surface area contributed by atoms with Gasteiger partial charge in [0.05, 0.1) is 0 Å². The largest absolute Gasteiger partial charge is 0.0585 e. The van der Waals surface area contributed by atoms with Gasteiger partial charge in [0.1, 0.15) is 0 Å². The molecule has 0 aliphatic heterocycles. The number of allylic oxidation sites excluding steroid dienone is 4. The molecule has 0 saturated heterocycles. The minimum absolute atomic E-state index is 1.03. The van der Waals surface area contributed by atoms with Crippen molar-refractivity contribution in [1.29, 1.82) is 0 Å². The predicted molar refractivity (Wildman–Crippen MR) is 92.4 cm³/mol. The normalized spacial score (nSPS) is 14.1. The van der Waals surface area contributed by atoms with E-state index >= 15 is 0 Å². The molecule has 2 aromatic carbocycles. The summed E-state index contributed by atoms with van der Waals surface area (Å²) in [5, 5.41) is 0. The van der Waals surface area contributed by atoms with Crippen LogP contribution < -0.4 is 0 Å². The minimum atomic E-state index is 1.03. The van der Waals surface area contributed by atoms with E-state index in [4.69, 9.17) is 0 Å². The highest BCUT2D eigenvalue weighted by atomic mass is 14.2. The predicted octanol–water partition coefficient (Wildman–Crippen LogP) is 5.79. The molecule has 106 valence electrons. The van der Waals surface area contributed by atoms with Gasteiger partial charge in [0.25, 0.3) is 0 Å². The molecular formula is C21H22. The fourth-order valence-corrected chi connectivity index (χ4v) is 2.80. The highest BCUT2D eigenvalue weighted by Crippen LogP contribution is 2.34. The van der Waals surface area contributed by atoms with Crippen LogP contribution in [0, 0.1) is 27.7 Å². The summed E-state index contributed by atoms with van der Waals surface area (Å²) in [6.45, 7) is 8.71. The minimum Gasteiger partial charge on any atom is -0.0585 e. The zero-order valence-corrected chi connectivity index (χ0v) is 13.3. The summed E-state index contributed by atoms with van der Waals surface area (Å²) in [6.07, 6.45) is 5.58. The zero-order chi connectivity index (χ0) is 15.0. The zero-order valence-electron chi connectivity index (χ0n) is 13.3. The van der Waals surface area contributed by atoms with Crippen molar-refractivity contribution < 1.29 is 0 Å². The molecule has 0 radical (unpaired) electrons. The molecule has 3 rings (SSSR count). The van der Waals surface area contributed by atoms with Crippen molar-refractivity contribution in [3.05, 3.63) is 81.9 Å². The lowest BCUT2D eigenvalue weighted by Gasteiger charge is -2.10. The van der Waals surface area contributed by atoms with Gasteiger partial charge in [-0.25, -0.2) is 0 Å². The molecular weight excluding hydrogens is 252 g/mol. The third-order valence-corrected chi connectivity index (χ3v) is 4.62. The van der Waals surface area contributed by atoms with Crippen LogP contribution in [0.4, 0.5) is 0 Å². The van der Waals surface area contributed by atoms with Gasteiger partial charge in [-0.2, -0.15) is 0 Å². The van der Waals surface area contributed by atoms with E-state index in [1.807, 2.05) is 0 Å². The molecule has 0 heteroatoms. The van der Waals surface area contributed by atoms with Crippen LogP contribution in [0.2, 0.25) is 0 Å². The molecule has 0 atom stereocenters. The first-order valence-electron chi connectivity index (χ1n) is 7.59. The Morgan fingerprint density at radius 2 is 1.00 bits per heavy atom. The summed E-state index contributed by atoms with van der Waals surface area (Å²) < 4.78 is 0. The number of hydrogen-bond donors (Lipinski definition) is 0. The Hall–Kier alpha value is -2.08. The third-order valence-electron chi connectivity index (χ3n) is 4.62. The average molecular weight is 274 g/mol. The Morgan fingerprint density at radius 3 is 1.38 bits per heavy atom. The van der Waals surface area contributed by atoms with Crippen LogP contribution in [0.1, 0.15) is 39.8 Å². The summed E-state index contributed by atoms with van der Waals surface area (Å²) >= 11 is 0. The second-order valence-corrected chi connectivity index (χ2v) is 6.16. The van der Waals surface area contributed by atoms with Gasteiger partial charge >= 0.3 is 0 Å². The number of hydrogen-bond acceptors (Lipinski definition) is 0. The first kappa shape index (κ1) is 13.9. The molecule has 1 aliphatic carbocycles. The molecule has 0 N–H and O–H groups in total. The molecule has 0 spiro atoms. The van der Waals surface area contributed by atoms with Gasteiger partial charge in [-0.3, -0.25) is 0 Å². The molecule has 1 aliphatic rings. The maximum Gasteiger partial charge on any atom is -0.00139 e. The van der Waals surface area contributed by atoms with Crippen molar-refractivity contribution in [2.45, 2.75) is 34.1 Å². The molecule has 2 aromatic rings. The molecule has 0 aromatic heterocycles. The second-order valence-electron chi connectivity index (χ2n) is 6.16. The summed E-state index contributed by atoms with van der Waals surface area (Å²) in [6, 6.07) is 13.5. The summed E-state index contributed by atoms with van der Waals surface area (Å²) in [4.78, 5) is 0. The van der Waals surface area contributed by atoms with Crippen LogP contribution in [0.15, 0.2) is 48.6 Å². The van der Waals surface area contributed by atoms with E-state index in [2.05, 4.69) is 76.2 Å². The topological polar surface area (TPSA) is 0 Å². The molecule has 0 fully saturated rings. The summed E-state index contributed by atoms with van der Waals surface area (Å²) in [5.74, 6) is 0. The Kier molecular flexibility index (Phi) is 3.55. The lowest BCUT2D eigenvalue weighted by molar-refractivity contribution is 1.30. The van der Waals surface area contributed by atoms with Gasteiger partial charge < -0.3 is 0 Å². The molecule has 0 nitrogen and oxygen atoms in total. The van der Waals surface area contributed by atoms with Crippen LogP contribution in [0.25, 0.3) is 11.1 Å². The van der Waals surface area contributed by atoms with Crippen LogP contribution in [0.3, 0.4) is 0 Å². The van der Waals surface area contributed by atoms with Crippen molar-refractivity contribution in [2.75, 3.05) is 0 Å². The standard InChI is InChI=1S/C21H22/c1-14-5-7-18(11-16(14)3)20-9-10-21(13-20)19-8-6-15(2)17(4)12-19/h5-12H,13H2,1-4H3. The monoisotopic (exact) mass is 274 g/mol. The number of rotatable bonds is 2.